The van der Waals surface area contributed by atoms with Crippen molar-refractivity contribution in [3.05, 3.63) is 30.6 Å². The van der Waals surface area contributed by atoms with E-state index in [0.29, 0.717) is 12.6 Å². The Morgan fingerprint density at radius 1 is 1.08 bits per heavy atom. The third-order valence-electron chi connectivity index (χ3n) is 1.31. The number of carbonyl (C=O) groups excluding carboxylic acids is 2. The monoisotopic (exact) mass is 244 g/mol. The fraction of sp³-hybridized carbons (Fsp3) is 0.125. The smallest absolute Gasteiger partial charge is 0.199 e. The third kappa shape index (κ3) is 3.80. The van der Waals surface area contributed by atoms with Gasteiger partial charge in [-0.2, -0.15) is 5.43 Å². The molecule has 4 nitrogen and oxygen atoms in total. The van der Waals surface area contributed by atoms with Crippen LogP contribution in [0.4, 0.5) is 0 Å². The third-order valence-corrected chi connectivity index (χ3v) is 1.31. The maximum absolute atomic E-state index is 10.2. The molecule has 13 heavy (non-hydrogen) atoms. The van der Waals surface area contributed by atoms with Crippen LogP contribution in [0.2, 0.25) is 0 Å². The molecular formula is C8H9BrN2O2. The number of aldehydes is 2. The van der Waals surface area contributed by atoms with Crippen LogP contribution in [0.1, 0.15) is 0 Å². The molecule has 0 unspecified atom stereocenters. The van der Waals surface area contributed by atoms with Gasteiger partial charge in [0.05, 0.1) is 0 Å². The number of carbonyl (C=O) groups is 2. The first-order chi connectivity index (χ1) is 5.86. The van der Waals surface area contributed by atoms with Gasteiger partial charge < -0.3 is 26.6 Å². The number of nitrogens with one attached hydrogen (secondary N) is 1. The van der Waals surface area contributed by atoms with Crippen LogP contribution in [0.3, 0.4) is 0 Å². The van der Waals surface area contributed by atoms with Crippen LogP contribution >= 0.6 is 0 Å². The molecule has 1 aromatic heterocycles. The highest BCUT2D eigenvalue weighted by molar-refractivity contribution is 5.83. The second-order valence-corrected chi connectivity index (χ2v) is 2.21. The Labute approximate surface area is 86.3 Å². The standard InChI is InChI=1S/C8H9N2O2.BrH/c11-6-8(7-12)9-10-4-2-1-3-5-10;/h1-9H;1H/q+1;/p-1. The maximum atomic E-state index is 10.2. The molecule has 0 radical (unpaired) electrons. The molecule has 0 aliphatic carbocycles. The van der Waals surface area contributed by atoms with E-state index in [4.69, 9.17) is 0 Å². The number of hydrogen-bond acceptors (Lipinski definition) is 3. The molecule has 0 aromatic carbocycles. The van der Waals surface area contributed by atoms with Crippen molar-refractivity contribution in [3.63, 3.8) is 0 Å². The largest absolute Gasteiger partial charge is 1.00 e. The first-order valence-electron chi connectivity index (χ1n) is 3.50. The molecule has 0 aliphatic heterocycles. The highest BCUT2D eigenvalue weighted by Gasteiger charge is 2.08. The topological polar surface area (TPSA) is 50.1 Å². The summed E-state index contributed by atoms with van der Waals surface area (Å²) in [5, 5.41) is 0. The van der Waals surface area contributed by atoms with E-state index < -0.39 is 6.04 Å². The van der Waals surface area contributed by atoms with Crippen LogP contribution in [0.15, 0.2) is 30.6 Å². The van der Waals surface area contributed by atoms with E-state index in [1.807, 2.05) is 6.07 Å². The zero-order valence-corrected chi connectivity index (χ0v) is 8.35. The second-order valence-electron chi connectivity index (χ2n) is 2.21. The summed E-state index contributed by atoms with van der Waals surface area (Å²) in [6, 6.07) is 4.64. The summed E-state index contributed by atoms with van der Waals surface area (Å²) in [6.45, 7) is 0. The van der Waals surface area contributed by atoms with E-state index >= 15 is 0 Å². The van der Waals surface area contributed by atoms with Gasteiger partial charge in [0, 0.05) is 12.1 Å². The van der Waals surface area contributed by atoms with Crippen LogP contribution in [-0.2, 0) is 9.59 Å². The van der Waals surface area contributed by atoms with Gasteiger partial charge in [-0.15, -0.1) is 0 Å². The van der Waals surface area contributed by atoms with Crippen molar-refractivity contribution in [2.45, 2.75) is 6.04 Å². The highest BCUT2D eigenvalue weighted by atomic mass is 79.9. The van der Waals surface area contributed by atoms with Crippen LogP contribution in [-0.4, -0.2) is 18.6 Å². The van der Waals surface area contributed by atoms with Gasteiger partial charge in [0.2, 0.25) is 0 Å². The summed E-state index contributed by atoms with van der Waals surface area (Å²) in [7, 11) is 0. The number of aromatic nitrogens is 1. The van der Waals surface area contributed by atoms with Gasteiger partial charge in [-0.3, -0.25) is 0 Å². The molecule has 1 aromatic rings. The van der Waals surface area contributed by atoms with Crippen molar-refractivity contribution in [1.82, 2.24) is 0 Å². The first kappa shape index (κ1) is 11.8. The van der Waals surface area contributed by atoms with Gasteiger partial charge in [-0.25, -0.2) is 0 Å². The summed E-state index contributed by atoms with van der Waals surface area (Å²) in [5.41, 5.74) is 2.66. The fourth-order valence-electron chi connectivity index (χ4n) is 0.750. The van der Waals surface area contributed by atoms with Crippen molar-refractivity contribution in [1.29, 1.82) is 0 Å². The Morgan fingerprint density at radius 2 is 1.62 bits per heavy atom. The number of hydrogen-bond donors (Lipinski definition) is 1. The summed E-state index contributed by atoms with van der Waals surface area (Å²) in [4.78, 5) is 20.5. The van der Waals surface area contributed by atoms with Gasteiger partial charge in [-0.05, 0) is 0 Å². The normalized spacial score (nSPS) is 8.69. The first-order valence-corrected chi connectivity index (χ1v) is 3.50. The van der Waals surface area contributed by atoms with Crippen LogP contribution < -0.4 is 27.1 Å². The van der Waals surface area contributed by atoms with Crippen molar-refractivity contribution >= 4 is 12.6 Å². The van der Waals surface area contributed by atoms with E-state index in [2.05, 4.69) is 5.43 Å². The zero-order chi connectivity index (χ0) is 8.81. The summed E-state index contributed by atoms with van der Waals surface area (Å²) >= 11 is 0. The molecule has 0 fully saturated rings. The molecular weight excluding hydrogens is 236 g/mol. The molecule has 0 aliphatic rings. The van der Waals surface area contributed by atoms with Crippen molar-refractivity contribution in [3.8, 4) is 0 Å². The Bertz CT molecular complexity index is 258. The maximum Gasteiger partial charge on any atom is 0.199 e. The fourth-order valence-corrected chi connectivity index (χ4v) is 0.750. The van der Waals surface area contributed by atoms with Crippen LogP contribution in [0.25, 0.3) is 0 Å². The molecule has 5 heteroatoms. The predicted molar refractivity (Wildman–Crippen MR) is 41.9 cm³/mol. The Morgan fingerprint density at radius 3 is 2.08 bits per heavy atom. The van der Waals surface area contributed by atoms with Crippen molar-refractivity contribution in [2.24, 2.45) is 0 Å². The SMILES string of the molecule is O=CC(C=O)N[n+]1ccccc1.[Br-]. The Hall–Kier alpha value is -1.23. The molecule has 0 amide bonds. The van der Waals surface area contributed by atoms with Gasteiger partial charge in [0.1, 0.15) is 0 Å². The Balaban J connectivity index is 0.00000144. The summed E-state index contributed by atoms with van der Waals surface area (Å²) in [6.07, 6.45) is 4.51. The lowest BCUT2D eigenvalue weighted by atomic mass is 10.4. The molecule has 1 rings (SSSR count). The molecule has 0 saturated carbocycles. The average Bonchev–Trinajstić information content (AvgIpc) is 2.16. The number of pyridine rings is 1. The quantitative estimate of drug-likeness (QED) is 0.337. The number of rotatable bonds is 4. The summed E-state index contributed by atoms with van der Waals surface area (Å²) in [5.74, 6) is 0. The van der Waals surface area contributed by atoms with E-state index in [1.54, 1.807) is 29.2 Å². The molecule has 0 atom stereocenters. The minimum absolute atomic E-state index is 0. The molecule has 0 bridgehead atoms. The Kier molecular flexibility index (Phi) is 5.71. The van der Waals surface area contributed by atoms with Gasteiger partial charge in [0.15, 0.2) is 31.0 Å². The summed E-state index contributed by atoms with van der Waals surface area (Å²) < 4.78 is 1.55. The number of halogens is 1. The highest BCUT2D eigenvalue weighted by Crippen LogP contribution is 1.75. The lowest BCUT2D eigenvalue weighted by Crippen LogP contribution is -3.00. The molecule has 1 N–H and O–H groups in total. The van der Waals surface area contributed by atoms with Gasteiger partial charge in [0.25, 0.3) is 0 Å². The van der Waals surface area contributed by atoms with Crippen molar-refractivity contribution < 1.29 is 31.2 Å². The van der Waals surface area contributed by atoms with E-state index in [-0.39, 0.29) is 17.0 Å². The number of nitrogens with zero attached hydrogens (tertiary/aromatic N) is 1. The van der Waals surface area contributed by atoms with E-state index in [0.717, 1.165) is 0 Å². The predicted octanol–water partition coefficient (Wildman–Crippen LogP) is -3.71. The molecule has 0 saturated heterocycles. The zero-order valence-electron chi connectivity index (χ0n) is 6.76. The van der Waals surface area contributed by atoms with Gasteiger partial charge >= 0.3 is 0 Å². The lowest BCUT2D eigenvalue weighted by Gasteiger charge is -1.99. The van der Waals surface area contributed by atoms with Crippen molar-refractivity contribution in [2.75, 3.05) is 5.43 Å². The molecule has 1 heterocycles. The van der Waals surface area contributed by atoms with E-state index in [1.165, 1.54) is 0 Å². The average molecular weight is 245 g/mol. The second kappa shape index (κ2) is 6.30. The molecule has 70 valence electrons. The minimum atomic E-state index is -0.780. The van der Waals surface area contributed by atoms with Gasteiger partial charge in [-0.1, -0.05) is 10.7 Å². The van der Waals surface area contributed by atoms with E-state index in [9.17, 15) is 9.59 Å². The van der Waals surface area contributed by atoms with Crippen LogP contribution in [0.5, 0.6) is 0 Å². The molecule has 0 spiro atoms. The van der Waals surface area contributed by atoms with Crippen LogP contribution in [0, 0.1) is 0 Å². The lowest BCUT2D eigenvalue weighted by molar-refractivity contribution is -0.650. The minimum Gasteiger partial charge on any atom is -1.00 e.